The Bertz CT molecular complexity index is 201. The lowest BCUT2D eigenvalue weighted by molar-refractivity contribution is -0.144. The fourth-order valence-electron chi connectivity index (χ4n) is 2.67. The molecular formula is C15H30O2. The van der Waals surface area contributed by atoms with E-state index in [4.69, 9.17) is 4.74 Å². The number of carbonyl (C=O) groups is 1. The zero-order valence-electron chi connectivity index (χ0n) is 12.3. The molecule has 2 heteroatoms. The van der Waals surface area contributed by atoms with E-state index in [1.807, 2.05) is 6.92 Å². The molecule has 3 unspecified atom stereocenters. The van der Waals surface area contributed by atoms with Crippen molar-refractivity contribution in [1.82, 2.24) is 0 Å². The first-order valence-corrected chi connectivity index (χ1v) is 7.15. The fourth-order valence-corrected chi connectivity index (χ4v) is 2.67. The van der Waals surface area contributed by atoms with Crippen LogP contribution in [0, 0.1) is 17.8 Å². The Kier molecular flexibility index (Phi) is 9.20. The van der Waals surface area contributed by atoms with Crippen molar-refractivity contribution >= 4 is 5.97 Å². The van der Waals surface area contributed by atoms with E-state index < -0.39 is 0 Å². The second-order valence-electron chi connectivity index (χ2n) is 5.58. The largest absolute Gasteiger partial charge is 0.466 e. The van der Waals surface area contributed by atoms with Gasteiger partial charge in [-0.3, -0.25) is 4.79 Å². The highest BCUT2D eigenvalue weighted by molar-refractivity contribution is 5.69. The molecule has 2 nitrogen and oxygen atoms in total. The number of hydrogen-bond donors (Lipinski definition) is 0. The lowest BCUT2D eigenvalue weighted by Crippen LogP contribution is -2.13. The summed E-state index contributed by atoms with van der Waals surface area (Å²) in [6.07, 6.45) is 5.57. The average molecular weight is 242 g/mol. The maximum Gasteiger partial charge on any atom is 0.306 e. The van der Waals surface area contributed by atoms with Crippen LogP contribution in [0.25, 0.3) is 0 Å². The number of esters is 1. The van der Waals surface area contributed by atoms with E-state index in [1.54, 1.807) is 0 Å². The van der Waals surface area contributed by atoms with Gasteiger partial charge in [-0.15, -0.1) is 0 Å². The highest BCUT2D eigenvalue weighted by Gasteiger charge is 2.15. The molecule has 0 saturated heterocycles. The van der Waals surface area contributed by atoms with Crippen molar-refractivity contribution in [1.29, 1.82) is 0 Å². The predicted molar refractivity (Wildman–Crippen MR) is 72.9 cm³/mol. The van der Waals surface area contributed by atoms with Gasteiger partial charge in [-0.2, -0.15) is 0 Å². The molecule has 0 fully saturated rings. The standard InChI is InChI=1S/C15H30O2/c1-6-8-12(3)9-13(4)10-14(5)11-15(16)17-7-2/h12-14H,6-11H2,1-5H3. The Hall–Kier alpha value is -0.530. The normalized spacial score (nSPS) is 16.3. The summed E-state index contributed by atoms with van der Waals surface area (Å²) in [5.74, 6) is 1.91. The third kappa shape index (κ3) is 9.20. The fraction of sp³-hybridized carbons (Fsp3) is 0.933. The van der Waals surface area contributed by atoms with Crippen molar-refractivity contribution in [3.63, 3.8) is 0 Å². The van der Waals surface area contributed by atoms with Crippen LogP contribution in [-0.4, -0.2) is 12.6 Å². The van der Waals surface area contributed by atoms with Gasteiger partial charge in [0.15, 0.2) is 0 Å². The number of rotatable bonds is 9. The van der Waals surface area contributed by atoms with Crippen LogP contribution in [-0.2, 0) is 9.53 Å². The van der Waals surface area contributed by atoms with Gasteiger partial charge in [0.05, 0.1) is 6.61 Å². The number of ether oxygens (including phenoxy) is 1. The molecule has 0 aromatic heterocycles. The average Bonchev–Trinajstić information content (AvgIpc) is 2.16. The molecule has 0 bridgehead atoms. The molecular weight excluding hydrogens is 212 g/mol. The lowest BCUT2D eigenvalue weighted by atomic mass is 9.87. The summed E-state index contributed by atoms with van der Waals surface area (Å²) in [6.45, 7) is 11.4. The van der Waals surface area contributed by atoms with Gasteiger partial charge in [-0.25, -0.2) is 0 Å². The molecule has 0 heterocycles. The Morgan fingerprint density at radius 2 is 1.59 bits per heavy atom. The minimum atomic E-state index is -0.0474. The van der Waals surface area contributed by atoms with E-state index in [1.165, 1.54) is 19.3 Å². The molecule has 0 aromatic rings. The number of carbonyl (C=O) groups excluding carboxylic acids is 1. The van der Waals surface area contributed by atoms with Crippen molar-refractivity contribution in [2.45, 2.75) is 66.7 Å². The summed E-state index contributed by atoms with van der Waals surface area (Å²) in [5, 5.41) is 0. The summed E-state index contributed by atoms with van der Waals surface area (Å²) in [6, 6.07) is 0. The molecule has 0 amide bonds. The van der Waals surface area contributed by atoms with Crippen molar-refractivity contribution in [3.05, 3.63) is 0 Å². The van der Waals surface area contributed by atoms with Gasteiger partial charge < -0.3 is 4.74 Å². The van der Waals surface area contributed by atoms with Crippen LogP contribution < -0.4 is 0 Å². The minimum Gasteiger partial charge on any atom is -0.466 e. The Balaban J connectivity index is 3.78. The minimum absolute atomic E-state index is 0.0474. The first kappa shape index (κ1) is 16.5. The van der Waals surface area contributed by atoms with Crippen LogP contribution in [0.2, 0.25) is 0 Å². The van der Waals surface area contributed by atoms with Crippen molar-refractivity contribution in [3.8, 4) is 0 Å². The summed E-state index contributed by atoms with van der Waals surface area (Å²) >= 11 is 0. The maximum atomic E-state index is 11.3. The highest BCUT2D eigenvalue weighted by atomic mass is 16.5. The molecule has 0 aliphatic rings. The first-order valence-electron chi connectivity index (χ1n) is 7.15. The molecule has 0 spiro atoms. The zero-order valence-corrected chi connectivity index (χ0v) is 12.3. The quantitative estimate of drug-likeness (QED) is 0.559. The van der Waals surface area contributed by atoms with Gasteiger partial charge in [0.25, 0.3) is 0 Å². The molecule has 3 atom stereocenters. The highest BCUT2D eigenvalue weighted by Crippen LogP contribution is 2.23. The van der Waals surface area contributed by atoms with Crippen LogP contribution >= 0.6 is 0 Å². The van der Waals surface area contributed by atoms with E-state index in [2.05, 4.69) is 27.7 Å². The zero-order chi connectivity index (χ0) is 13.3. The Morgan fingerprint density at radius 1 is 1.00 bits per heavy atom. The van der Waals surface area contributed by atoms with Crippen molar-refractivity contribution in [2.24, 2.45) is 17.8 Å². The second-order valence-corrected chi connectivity index (χ2v) is 5.58. The topological polar surface area (TPSA) is 26.3 Å². The lowest BCUT2D eigenvalue weighted by Gasteiger charge is -2.20. The van der Waals surface area contributed by atoms with Gasteiger partial charge in [-0.1, -0.05) is 40.5 Å². The van der Waals surface area contributed by atoms with Crippen LogP contribution in [0.4, 0.5) is 0 Å². The Morgan fingerprint density at radius 3 is 2.12 bits per heavy atom. The molecule has 0 N–H and O–H groups in total. The molecule has 0 saturated carbocycles. The molecule has 102 valence electrons. The van der Waals surface area contributed by atoms with E-state index in [9.17, 15) is 4.79 Å². The number of hydrogen-bond acceptors (Lipinski definition) is 2. The van der Waals surface area contributed by atoms with Gasteiger partial charge in [0.2, 0.25) is 0 Å². The van der Waals surface area contributed by atoms with E-state index in [0.29, 0.717) is 24.9 Å². The summed E-state index contributed by atoms with van der Waals surface area (Å²) in [7, 11) is 0. The van der Waals surface area contributed by atoms with Crippen LogP contribution in [0.15, 0.2) is 0 Å². The third-order valence-electron chi connectivity index (χ3n) is 3.21. The molecule has 0 radical (unpaired) electrons. The van der Waals surface area contributed by atoms with Crippen LogP contribution in [0.5, 0.6) is 0 Å². The van der Waals surface area contributed by atoms with Gasteiger partial charge in [0.1, 0.15) is 0 Å². The molecule has 0 aliphatic heterocycles. The summed E-state index contributed by atoms with van der Waals surface area (Å²) in [4.78, 5) is 11.3. The smallest absolute Gasteiger partial charge is 0.306 e. The molecule has 0 aromatic carbocycles. The van der Waals surface area contributed by atoms with E-state index in [-0.39, 0.29) is 5.97 Å². The van der Waals surface area contributed by atoms with Crippen LogP contribution in [0.3, 0.4) is 0 Å². The van der Waals surface area contributed by atoms with Crippen molar-refractivity contribution in [2.75, 3.05) is 6.61 Å². The predicted octanol–water partition coefficient (Wildman–Crippen LogP) is 4.43. The Labute approximate surface area is 107 Å². The second kappa shape index (κ2) is 9.49. The monoisotopic (exact) mass is 242 g/mol. The summed E-state index contributed by atoms with van der Waals surface area (Å²) in [5.41, 5.74) is 0. The molecule has 0 rings (SSSR count). The SMILES string of the molecule is CCCC(C)CC(C)CC(C)CC(=O)OCC. The van der Waals surface area contributed by atoms with Gasteiger partial charge in [0, 0.05) is 6.42 Å². The first-order chi connectivity index (χ1) is 7.99. The van der Waals surface area contributed by atoms with Gasteiger partial charge in [-0.05, 0) is 37.5 Å². The van der Waals surface area contributed by atoms with E-state index >= 15 is 0 Å². The third-order valence-corrected chi connectivity index (χ3v) is 3.21. The van der Waals surface area contributed by atoms with Gasteiger partial charge >= 0.3 is 5.97 Å². The van der Waals surface area contributed by atoms with Crippen molar-refractivity contribution < 1.29 is 9.53 Å². The molecule has 0 aliphatic carbocycles. The van der Waals surface area contributed by atoms with Crippen LogP contribution in [0.1, 0.15) is 66.7 Å². The maximum absolute atomic E-state index is 11.3. The molecule has 17 heavy (non-hydrogen) atoms. The van der Waals surface area contributed by atoms with E-state index in [0.717, 1.165) is 12.3 Å². The summed E-state index contributed by atoms with van der Waals surface area (Å²) < 4.78 is 4.97.